The number of amides is 2. The van der Waals surface area contributed by atoms with E-state index in [1.807, 2.05) is 31.2 Å². The molecule has 116 valence electrons. The number of hydrogen-bond donors (Lipinski definition) is 2. The van der Waals surface area contributed by atoms with Gasteiger partial charge in [-0.3, -0.25) is 0 Å². The largest absolute Gasteiger partial charge is 0.497 e. The summed E-state index contributed by atoms with van der Waals surface area (Å²) in [5.74, 6) is 1.34. The van der Waals surface area contributed by atoms with Crippen LogP contribution in [-0.4, -0.2) is 32.9 Å². The second kappa shape index (κ2) is 7.88. The van der Waals surface area contributed by atoms with Gasteiger partial charge in [0, 0.05) is 19.8 Å². The number of urea groups is 1. The van der Waals surface area contributed by atoms with Gasteiger partial charge in [-0.2, -0.15) is 0 Å². The molecule has 1 unspecified atom stereocenters. The maximum absolute atomic E-state index is 11.9. The lowest BCUT2D eigenvalue weighted by Crippen LogP contribution is -2.40. The van der Waals surface area contributed by atoms with E-state index in [2.05, 4.69) is 10.6 Å². The van der Waals surface area contributed by atoms with Gasteiger partial charge in [0.2, 0.25) is 0 Å². The molecule has 1 aliphatic heterocycles. The lowest BCUT2D eigenvalue weighted by Gasteiger charge is -2.23. The van der Waals surface area contributed by atoms with E-state index < -0.39 is 0 Å². The fourth-order valence-electron chi connectivity index (χ4n) is 2.41. The van der Waals surface area contributed by atoms with Gasteiger partial charge in [-0.1, -0.05) is 12.1 Å². The maximum atomic E-state index is 11.9. The van der Waals surface area contributed by atoms with Crippen molar-refractivity contribution in [3.63, 3.8) is 0 Å². The molecule has 1 fully saturated rings. The second-order valence-corrected chi connectivity index (χ2v) is 5.40. The number of rotatable bonds is 5. The Morgan fingerprint density at radius 3 is 2.62 bits per heavy atom. The van der Waals surface area contributed by atoms with Crippen LogP contribution in [0.3, 0.4) is 0 Å². The summed E-state index contributed by atoms with van der Waals surface area (Å²) >= 11 is 0. The van der Waals surface area contributed by atoms with E-state index in [-0.39, 0.29) is 12.1 Å². The molecule has 0 radical (unpaired) electrons. The Kier molecular flexibility index (Phi) is 5.87. The van der Waals surface area contributed by atoms with Crippen molar-refractivity contribution in [3.05, 3.63) is 29.8 Å². The zero-order valence-electron chi connectivity index (χ0n) is 12.7. The first-order valence-corrected chi connectivity index (χ1v) is 7.45. The van der Waals surface area contributed by atoms with E-state index in [0.29, 0.717) is 12.5 Å². The normalized spacial score (nSPS) is 17.0. The third-order valence-corrected chi connectivity index (χ3v) is 3.86. The minimum absolute atomic E-state index is 0.0365. The average molecular weight is 292 g/mol. The molecule has 1 aliphatic rings. The highest BCUT2D eigenvalue weighted by Crippen LogP contribution is 2.17. The van der Waals surface area contributed by atoms with Crippen LogP contribution in [0.15, 0.2) is 24.3 Å². The van der Waals surface area contributed by atoms with Crippen LogP contribution < -0.4 is 15.4 Å². The second-order valence-electron chi connectivity index (χ2n) is 5.40. The Hall–Kier alpha value is -1.75. The fourth-order valence-corrected chi connectivity index (χ4v) is 2.41. The van der Waals surface area contributed by atoms with Gasteiger partial charge in [0.05, 0.1) is 13.2 Å². The Morgan fingerprint density at radius 2 is 2.00 bits per heavy atom. The molecule has 5 nitrogen and oxygen atoms in total. The Morgan fingerprint density at radius 1 is 1.33 bits per heavy atom. The molecule has 1 aromatic carbocycles. The monoisotopic (exact) mass is 292 g/mol. The highest BCUT2D eigenvalue weighted by molar-refractivity contribution is 5.74. The molecule has 2 amide bonds. The number of nitrogens with one attached hydrogen (secondary N) is 2. The number of methoxy groups -OCH3 is 1. The molecule has 1 heterocycles. The minimum Gasteiger partial charge on any atom is -0.497 e. The van der Waals surface area contributed by atoms with Crippen LogP contribution in [0, 0.1) is 5.92 Å². The third kappa shape index (κ3) is 4.93. The van der Waals surface area contributed by atoms with E-state index in [0.717, 1.165) is 37.4 Å². The SMILES string of the molecule is COc1ccc(C(C)NC(=O)NCC2CCOCC2)cc1. The van der Waals surface area contributed by atoms with E-state index in [9.17, 15) is 4.79 Å². The average Bonchev–Trinajstić information content (AvgIpc) is 2.54. The van der Waals surface area contributed by atoms with Crippen molar-refractivity contribution in [2.45, 2.75) is 25.8 Å². The van der Waals surface area contributed by atoms with Crippen molar-refractivity contribution >= 4 is 6.03 Å². The molecule has 0 aromatic heterocycles. The molecule has 0 aliphatic carbocycles. The molecule has 2 rings (SSSR count). The minimum atomic E-state index is -0.121. The Balaban J connectivity index is 1.75. The summed E-state index contributed by atoms with van der Waals surface area (Å²) in [7, 11) is 1.64. The summed E-state index contributed by atoms with van der Waals surface area (Å²) in [6.45, 7) is 4.28. The molecule has 0 bridgehead atoms. The predicted octanol–water partition coefficient (Wildman–Crippen LogP) is 2.48. The molecule has 21 heavy (non-hydrogen) atoms. The van der Waals surface area contributed by atoms with E-state index in [1.54, 1.807) is 7.11 Å². The van der Waals surface area contributed by atoms with Gasteiger partial charge in [-0.15, -0.1) is 0 Å². The number of hydrogen-bond acceptors (Lipinski definition) is 3. The molecule has 1 saturated heterocycles. The fraction of sp³-hybridized carbons (Fsp3) is 0.562. The lowest BCUT2D eigenvalue weighted by atomic mass is 10.0. The topological polar surface area (TPSA) is 59.6 Å². The van der Waals surface area contributed by atoms with E-state index >= 15 is 0 Å². The first-order valence-electron chi connectivity index (χ1n) is 7.45. The summed E-state index contributed by atoms with van der Waals surface area (Å²) in [6, 6.07) is 7.56. The van der Waals surface area contributed by atoms with Crippen molar-refractivity contribution in [1.82, 2.24) is 10.6 Å². The zero-order chi connectivity index (χ0) is 15.1. The summed E-state index contributed by atoms with van der Waals surface area (Å²) in [4.78, 5) is 11.9. The smallest absolute Gasteiger partial charge is 0.315 e. The van der Waals surface area contributed by atoms with Gasteiger partial charge < -0.3 is 20.1 Å². The number of benzene rings is 1. The van der Waals surface area contributed by atoms with Crippen LogP contribution in [0.4, 0.5) is 4.79 Å². The standard InChI is InChI=1S/C16H24N2O3/c1-12(14-3-5-15(20-2)6-4-14)18-16(19)17-11-13-7-9-21-10-8-13/h3-6,12-13H,7-11H2,1-2H3,(H2,17,18,19). The molecular weight excluding hydrogens is 268 g/mol. The lowest BCUT2D eigenvalue weighted by molar-refractivity contribution is 0.0669. The van der Waals surface area contributed by atoms with Crippen molar-refractivity contribution in [2.75, 3.05) is 26.9 Å². The quantitative estimate of drug-likeness (QED) is 0.876. The van der Waals surface area contributed by atoms with Crippen LogP contribution in [0.2, 0.25) is 0 Å². The van der Waals surface area contributed by atoms with Crippen LogP contribution >= 0.6 is 0 Å². The molecular formula is C16H24N2O3. The van der Waals surface area contributed by atoms with Crippen LogP contribution in [0.1, 0.15) is 31.4 Å². The van der Waals surface area contributed by atoms with Crippen molar-refractivity contribution in [3.8, 4) is 5.75 Å². The molecule has 1 atom stereocenters. The predicted molar refractivity (Wildman–Crippen MR) is 81.5 cm³/mol. The van der Waals surface area contributed by atoms with E-state index in [4.69, 9.17) is 9.47 Å². The van der Waals surface area contributed by atoms with Gasteiger partial charge in [0.25, 0.3) is 0 Å². The van der Waals surface area contributed by atoms with Crippen molar-refractivity contribution < 1.29 is 14.3 Å². The number of ether oxygens (including phenoxy) is 2. The van der Waals surface area contributed by atoms with Gasteiger partial charge in [-0.05, 0) is 43.4 Å². The zero-order valence-corrected chi connectivity index (χ0v) is 12.7. The third-order valence-electron chi connectivity index (χ3n) is 3.86. The summed E-state index contributed by atoms with van der Waals surface area (Å²) in [5, 5.41) is 5.90. The van der Waals surface area contributed by atoms with Crippen LogP contribution in [-0.2, 0) is 4.74 Å². The van der Waals surface area contributed by atoms with E-state index in [1.165, 1.54) is 0 Å². The molecule has 0 saturated carbocycles. The first kappa shape index (κ1) is 15.6. The van der Waals surface area contributed by atoms with Crippen molar-refractivity contribution in [2.24, 2.45) is 5.92 Å². The van der Waals surface area contributed by atoms with Gasteiger partial charge in [-0.25, -0.2) is 4.79 Å². The van der Waals surface area contributed by atoms with Gasteiger partial charge >= 0.3 is 6.03 Å². The maximum Gasteiger partial charge on any atom is 0.315 e. The van der Waals surface area contributed by atoms with Gasteiger partial charge in [0.1, 0.15) is 5.75 Å². The Labute approximate surface area is 126 Å². The number of carbonyl (C=O) groups is 1. The van der Waals surface area contributed by atoms with Crippen LogP contribution in [0.25, 0.3) is 0 Å². The highest BCUT2D eigenvalue weighted by atomic mass is 16.5. The van der Waals surface area contributed by atoms with Crippen LogP contribution in [0.5, 0.6) is 5.75 Å². The number of carbonyl (C=O) groups excluding carboxylic acids is 1. The molecule has 1 aromatic rings. The first-order chi connectivity index (χ1) is 10.2. The Bertz CT molecular complexity index is 441. The van der Waals surface area contributed by atoms with Gasteiger partial charge in [0.15, 0.2) is 0 Å². The summed E-state index contributed by atoms with van der Waals surface area (Å²) in [6.07, 6.45) is 2.04. The summed E-state index contributed by atoms with van der Waals surface area (Å²) < 4.78 is 10.4. The molecule has 2 N–H and O–H groups in total. The molecule has 5 heteroatoms. The van der Waals surface area contributed by atoms with Crippen molar-refractivity contribution in [1.29, 1.82) is 0 Å². The molecule has 0 spiro atoms. The highest BCUT2D eigenvalue weighted by Gasteiger charge is 2.15. The summed E-state index contributed by atoms with van der Waals surface area (Å²) in [5.41, 5.74) is 1.05.